The van der Waals surface area contributed by atoms with Gasteiger partial charge in [0.15, 0.2) is 6.23 Å². The molecule has 112 valence electrons. The summed E-state index contributed by atoms with van der Waals surface area (Å²) in [5, 5.41) is 10.2. The van der Waals surface area contributed by atoms with Gasteiger partial charge in [-0.1, -0.05) is 0 Å². The number of aromatic amines is 1. The van der Waals surface area contributed by atoms with Crippen LogP contribution in [0.3, 0.4) is 0 Å². The Labute approximate surface area is 114 Å². The summed E-state index contributed by atoms with van der Waals surface area (Å²) in [6, 6.07) is 0. The summed E-state index contributed by atoms with van der Waals surface area (Å²) in [5.74, 6) is 0. The molecule has 1 unspecified atom stereocenters. The van der Waals surface area contributed by atoms with Crippen LogP contribution < -0.4 is 11.2 Å². The van der Waals surface area contributed by atoms with E-state index in [0.29, 0.717) is 5.56 Å². The lowest BCUT2D eigenvalue weighted by atomic mass is 10.1. The SMILES string of the molecule is COC[C@H]1O[C@@H](n2cc(C)c(=O)[nH]c2=O)[C@@H](O)C1OC. The van der Waals surface area contributed by atoms with E-state index in [0.717, 1.165) is 4.57 Å². The number of nitrogens with one attached hydrogen (secondary N) is 1. The van der Waals surface area contributed by atoms with E-state index < -0.39 is 35.8 Å². The Morgan fingerprint density at radius 2 is 2.15 bits per heavy atom. The average Bonchev–Trinajstić information content (AvgIpc) is 2.71. The molecule has 0 spiro atoms. The molecule has 1 fully saturated rings. The van der Waals surface area contributed by atoms with Crippen LogP contribution in [0.25, 0.3) is 0 Å². The minimum Gasteiger partial charge on any atom is -0.386 e. The number of hydrogen-bond acceptors (Lipinski definition) is 6. The Morgan fingerprint density at radius 1 is 1.45 bits per heavy atom. The molecule has 1 aliphatic heterocycles. The van der Waals surface area contributed by atoms with Crippen LogP contribution in [-0.2, 0) is 14.2 Å². The standard InChI is InChI=1S/C12H18N2O6/c1-6-4-14(12(17)13-10(6)16)11-8(15)9(19-3)7(20-11)5-18-2/h4,7-9,11,15H,5H2,1-3H3,(H,13,16,17)/t7-,8+,9?,11-/m1/s1. The molecule has 0 amide bonds. The highest BCUT2D eigenvalue weighted by Gasteiger charge is 2.45. The van der Waals surface area contributed by atoms with Crippen molar-refractivity contribution in [3.63, 3.8) is 0 Å². The normalized spacial score (nSPS) is 29.8. The smallest absolute Gasteiger partial charge is 0.330 e. The van der Waals surface area contributed by atoms with Crippen molar-refractivity contribution in [3.05, 3.63) is 32.6 Å². The minimum atomic E-state index is -1.04. The number of rotatable bonds is 4. The van der Waals surface area contributed by atoms with Gasteiger partial charge in [-0.05, 0) is 6.92 Å². The number of methoxy groups -OCH3 is 2. The zero-order valence-electron chi connectivity index (χ0n) is 11.5. The van der Waals surface area contributed by atoms with Crippen molar-refractivity contribution < 1.29 is 19.3 Å². The molecule has 1 aromatic heterocycles. The zero-order chi connectivity index (χ0) is 14.9. The predicted molar refractivity (Wildman–Crippen MR) is 68.6 cm³/mol. The molecule has 1 aromatic rings. The largest absolute Gasteiger partial charge is 0.386 e. The highest BCUT2D eigenvalue weighted by molar-refractivity contribution is 5.03. The van der Waals surface area contributed by atoms with Crippen LogP contribution in [-0.4, -0.2) is 53.8 Å². The van der Waals surface area contributed by atoms with E-state index in [-0.39, 0.29) is 6.61 Å². The number of hydrogen-bond donors (Lipinski definition) is 2. The zero-order valence-corrected chi connectivity index (χ0v) is 11.5. The summed E-state index contributed by atoms with van der Waals surface area (Å²) in [6.45, 7) is 1.79. The van der Waals surface area contributed by atoms with Gasteiger partial charge in [0.1, 0.15) is 18.3 Å². The average molecular weight is 286 g/mol. The molecular formula is C12H18N2O6. The van der Waals surface area contributed by atoms with Gasteiger partial charge < -0.3 is 19.3 Å². The number of aliphatic hydroxyl groups excluding tert-OH is 1. The number of H-pyrrole nitrogens is 1. The minimum absolute atomic E-state index is 0.225. The lowest BCUT2D eigenvalue weighted by molar-refractivity contribution is -0.0641. The number of nitrogens with zero attached hydrogens (tertiary/aromatic N) is 1. The summed E-state index contributed by atoms with van der Waals surface area (Å²) in [5.41, 5.74) is -0.752. The Balaban J connectivity index is 2.36. The summed E-state index contributed by atoms with van der Waals surface area (Å²) < 4.78 is 17.0. The van der Waals surface area contributed by atoms with Crippen LogP contribution in [0.2, 0.25) is 0 Å². The Bertz CT molecular complexity index is 580. The van der Waals surface area contributed by atoms with Crippen LogP contribution in [0.5, 0.6) is 0 Å². The van der Waals surface area contributed by atoms with Crippen molar-refractivity contribution in [1.82, 2.24) is 9.55 Å². The van der Waals surface area contributed by atoms with Crippen molar-refractivity contribution in [1.29, 1.82) is 0 Å². The Kier molecular flexibility index (Phi) is 4.39. The third-order valence-corrected chi connectivity index (χ3v) is 3.33. The van der Waals surface area contributed by atoms with E-state index in [1.54, 1.807) is 6.92 Å². The number of aromatic nitrogens is 2. The third-order valence-electron chi connectivity index (χ3n) is 3.33. The van der Waals surface area contributed by atoms with Crippen molar-refractivity contribution in [2.24, 2.45) is 0 Å². The van der Waals surface area contributed by atoms with E-state index in [9.17, 15) is 14.7 Å². The number of aliphatic hydroxyl groups is 1. The lowest BCUT2D eigenvalue weighted by Crippen LogP contribution is -2.39. The monoisotopic (exact) mass is 286 g/mol. The fourth-order valence-corrected chi connectivity index (χ4v) is 2.31. The van der Waals surface area contributed by atoms with Gasteiger partial charge in [0.2, 0.25) is 0 Å². The molecule has 2 heterocycles. The van der Waals surface area contributed by atoms with Crippen molar-refractivity contribution in [3.8, 4) is 0 Å². The van der Waals surface area contributed by atoms with E-state index in [4.69, 9.17) is 14.2 Å². The summed E-state index contributed by atoms with van der Waals surface area (Å²) >= 11 is 0. The van der Waals surface area contributed by atoms with Crippen LogP contribution in [0.1, 0.15) is 11.8 Å². The molecule has 0 aliphatic carbocycles. The quantitative estimate of drug-likeness (QED) is 0.718. The van der Waals surface area contributed by atoms with Crippen molar-refractivity contribution in [2.45, 2.75) is 31.5 Å². The molecule has 0 aromatic carbocycles. The maximum atomic E-state index is 11.8. The number of ether oxygens (including phenoxy) is 3. The molecule has 0 bridgehead atoms. The first-order chi connectivity index (χ1) is 9.49. The van der Waals surface area contributed by atoms with Gasteiger partial charge in [-0.25, -0.2) is 4.79 Å². The van der Waals surface area contributed by atoms with Crippen LogP contribution in [0.4, 0.5) is 0 Å². The second-order valence-electron chi connectivity index (χ2n) is 4.69. The summed E-state index contributed by atoms with van der Waals surface area (Å²) in [4.78, 5) is 25.4. The van der Waals surface area contributed by atoms with Gasteiger partial charge in [-0.15, -0.1) is 0 Å². The number of aryl methyl sites for hydroxylation is 1. The van der Waals surface area contributed by atoms with Gasteiger partial charge in [0.05, 0.1) is 6.61 Å². The van der Waals surface area contributed by atoms with Crippen LogP contribution in [0.15, 0.2) is 15.8 Å². The first kappa shape index (κ1) is 14.9. The molecular weight excluding hydrogens is 268 g/mol. The fourth-order valence-electron chi connectivity index (χ4n) is 2.31. The first-order valence-electron chi connectivity index (χ1n) is 6.17. The van der Waals surface area contributed by atoms with E-state index >= 15 is 0 Å². The second kappa shape index (κ2) is 5.88. The lowest BCUT2D eigenvalue weighted by Gasteiger charge is -2.18. The van der Waals surface area contributed by atoms with E-state index in [2.05, 4.69) is 4.98 Å². The van der Waals surface area contributed by atoms with Crippen LogP contribution >= 0.6 is 0 Å². The summed E-state index contributed by atoms with van der Waals surface area (Å²) in [6.07, 6.45) is -1.72. The summed E-state index contributed by atoms with van der Waals surface area (Å²) in [7, 11) is 2.95. The molecule has 0 radical (unpaired) electrons. The molecule has 1 saturated heterocycles. The maximum absolute atomic E-state index is 11.8. The molecule has 20 heavy (non-hydrogen) atoms. The van der Waals surface area contributed by atoms with Crippen molar-refractivity contribution >= 4 is 0 Å². The Morgan fingerprint density at radius 3 is 2.75 bits per heavy atom. The highest BCUT2D eigenvalue weighted by Crippen LogP contribution is 2.30. The molecule has 2 rings (SSSR count). The topological polar surface area (TPSA) is 103 Å². The predicted octanol–water partition coefficient (Wildman–Crippen LogP) is -1.24. The maximum Gasteiger partial charge on any atom is 0.330 e. The molecule has 4 atom stereocenters. The van der Waals surface area contributed by atoms with Gasteiger partial charge in [0.25, 0.3) is 5.56 Å². The second-order valence-corrected chi connectivity index (χ2v) is 4.69. The molecule has 8 heteroatoms. The van der Waals surface area contributed by atoms with Crippen LogP contribution in [0, 0.1) is 6.92 Å². The fraction of sp³-hybridized carbons (Fsp3) is 0.667. The van der Waals surface area contributed by atoms with E-state index in [1.807, 2.05) is 0 Å². The third kappa shape index (κ3) is 2.55. The van der Waals surface area contributed by atoms with Gasteiger partial charge >= 0.3 is 5.69 Å². The van der Waals surface area contributed by atoms with Gasteiger partial charge in [-0.2, -0.15) is 0 Å². The molecule has 1 aliphatic rings. The van der Waals surface area contributed by atoms with Gasteiger partial charge in [-0.3, -0.25) is 14.3 Å². The first-order valence-corrected chi connectivity index (χ1v) is 6.17. The van der Waals surface area contributed by atoms with Crippen molar-refractivity contribution in [2.75, 3.05) is 20.8 Å². The molecule has 0 saturated carbocycles. The van der Waals surface area contributed by atoms with E-state index in [1.165, 1.54) is 20.4 Å². The Hall–Kier alpha value is -1.48. The molecule has 8 nitrogen and oxygen atoms in total. The molecule has 2 N–H and O–H groups in total. The van der Waals surface area contributed by atoms with Gasteiger partial charge in [0, 0.05) is 26.0 Å². The highest BCUT2D eigenvalue weighted by atomic mass is 16.6.